The summed E-state index contributed by atoms with van der Waals surface area (Å²) < 4.78 is 26.7. The van der Waals surface area contributed by atoms with Crippen LogP contribution in [0.1, 0.15) is 43.8 Å². The van der Waals surface area contributed by atoms with Crippen molar-refractivity contribution in [2.24, 2.45) is 0 Å². The third-order valence-electron chi connectivity index (χ3n) is 3.72. The van der Waals surface area contributed by atoms with Crippen LogP contribution >= 0.6 is 0 Å². The number of halogens is 2. The average molecular weight is 269 g/mol. The number of aliphatic hydroxyl groups is 1. The Bertz CT molecular complexity index is 403. The predicted octanol–water partition coefficient (Wildman–Crippen LogP) is 3.26. The Hall–Kier alpha value is -1.00. The highest BCUT2D eigenvalue weighted by Crippen LogP contribution is 2.21. The summed E-state index contributed by atoms with van der Waals surface area (Å²) >= 11 is 0. The highest BCUT2D eigenvalue weighted by Gasteiger charge is 2.19. The predicted molar refractivity (Wildman–Crippen MR) is 70.8 cm³/mol. The summed E-state index contributed by atoms with van der Waals surface area (Å²) in [5, 5.41) is 10.1. The molecule has 19 heavy (non-hydrogen) atoms. The van der Waals surface area contributed by atoms with Gasteiger partial charge < -0.3 is 10.0 Å². The van der Waals surface area contributed by atoms with E-state index in [0.29, 0.717) is 6.54 Å². The zero-order valence-corrected chi connectivity index (χ0v) is 11.1. The van der Waals surface area contributed by atoms with Crippen LogP contribution in [-0.2, 0) is 0 Å². The van der Waals surface area contributed by atoms with Crippen molar-refractivity contribution in [3.8, 4) is 0 Å². The normalized spacial score (nSPS) is 19.7. The molecule has 1 aliphatic heterocycles. The number of rotatable bonds is 3. The number of β-amino-alcohol motifs (C(OH)–C–C–N with tert-alkyl or cyclic N) is 1. The van der Waals surface area contributed by atoms with Crippen LogP contribution in [0, 0.1) is 11.6 Å². The first-order valence-corrected chi connectivity index (χ1v) is 7.03. The van der Waals surface area contributed by atoms with Gasteiger partial charge in [-0.3, -0.25) is 0 Å². The summed E-state index contributed by atoms with van der Waals surface area (Å²) in [6.07, 6.45) is 4.95. The van der Waals surface area contributed by atoms with Crippen LogP contribution in [0.25, 0.3) is 0 Å². The van der Waals surface area contributed by atoms with Crippen molar-refractivity contribution in [1.29, 1.82) is 0 Å². The number of hydrogen-bond donors (Lipinski definition) is 1. The minimum Gasteiger partial charge on any atom is -0.387 e. The van der Waals surface area contributed by atoms with Gasteiger partial charge in [0, 0.05) is 12.1 Å². The molecule has 0 radical (unpaired) electrons. The molecule has 1 aromatic carbocycles. The molecule has 4 heteroatoms. The van der Waals surface area contributed by atoms with Gasteiger partial charge in [0.15, 0.2) is 11.6 Å². The molecule has 1 N–H and O–H groups in total. The fourth-order valence-corrected chi connectivity index (χ4v) is 2.62. The van der Waals surface area contributed by atoms with Crippen LogP contribution in [0.2, 0.25) is 0 Å². The molecule has 1 fully saturated rings. The second kappa shape index (κ2) is 6.96. The van der Waals surface area contributed by atoms with Gasteiger partial charge in [0.05, 0.1) is 6.10 Å². The van der Waals surface area contributed by atoms with Gasteiger partial charge in [-0.1, -0.05) is 31.4 Å². The van der Waals surface area contributed by atoms with Crippen LogP contribution < -0.4 is 0 Å². The summed E-state index contributed by atoms with van der Waals surface area (Å²) in [4.78, 5) is 2.15. The number of aliphatic hydroxyl groups excluding tert-OH is 1. The average Bonchev–Trinajstić information content (AvgIpc) is 2.35. The first-order chi connectivity index (χ1) is 9.18. The van der Waals surface area contributed by atoms with Crippen molar-refractivity contribution in [2.75, 3.05) is 19.6 Å². The maximum atomic E-state index is 13.6. The molecule has 2 nitrogen and oxygen atoms in total. The maximum absolute atomic E-state index is 13.6. The van der Waals surface area contributed by atoms with Crippen LogP contribution in [0.15, 0.2) is 18.2 Å². The van der Waals surface area contributed by atoms with Gasteiger partial charge in [-0.05, 0) is 32.0 Å². The molecule has 1 atom stereocenters. The maximum Gasteiger partial charge on any atom is 0.164 e. The van der Waals surface area contributed by atoms with E-state index >= 15 is 0 Å². The minimum absolute atomic E-state index is 0.0575. The third kappa shape index (κ3) is 3.98. The number of nitrogens with zero attached hydrogens (tertiary/aromatic N) is 1. The quantitative estimate of drug-likeness (QED) is 0.910. The van der Waals surface area contributed by atoms with Gasteiger partial charge in [-0.25, -0.2) is 8.78 Å². The molecule has 0 spiro atoms. The van der Waals surface area contributed by atoms with Crippen LogP contribution in [-0.4, -0.2) is 29.6 Å². The van der Waals surface area contributed by atoms with Crippen LogP contribution in [0.3, 0.4) is 0 Å². The Balaban J connectivity index is 1.98. The highest BCUT2D eigenvalue weighted by atomic mass is 19.2. The Kier molecular flexibility index (Phi) is 5.28. The van der Waals surface area contributed by atoms with E-state index in [4.69, 9.17) is 0 Å². The summed E-state index contributed by atoms with van der Waals surface area (Å²) in [5.41, 5.74) is 0.0575. The first-order valence-electron chi connectivity index (χ1n) is 7.03. The highest BCUT2D eigenvalue weighted by molar-refractivity contribution is 5.21. The van der Waals surface area contributed by atoms with E-state index < -0.39 is 17.7 Å². The molecule has 0 bridgehead atoms. The first kappa shape index (κ1) is 14.4. The molecule has 0 aliphatic carbocycles. The number of hydrogen-bond acceptors (Lipinski definition) is 2. The van der Waals surface area contributed by atoms with Crippen LogP contribution in [0.4, 0.5) is 8.78 Å². The molecule has 1 unspecified atom stereocenters. The molecule has 0 saturated carbocycles. The number of likely N-dealkylation sites (tertiary alicyclic amines) is 1. The summed E-state index contributed by atoms with van der Waals surface area (Å²) in [7, 11) is 0. The van der Waals surface area contributed by atoms with E-state index in [1.54, 1.807) is 0 Å². The number of benzene rings is 1. The Morgan fingerprint density at radius 2 is 1.68 bits per heavy atom. The lowest BCUT2D eigenvalue weighted by Gasteiger charge is -2.27. The molecule has 106 valence electrons. The van der Waals surface area contributed by atoms with Crippen molar-refractivity contribution in [2.45, 2.75) is 38.2 Å². The van der Waals surface area contributed by atoms with Crippen LogP contribution in [0.5, 0.6) is 0 Å². The lowest BCUT2D eigenvalue weighted by atomic mass is 10.1. The van der Waals surface area contributed by atoms with Gasteiger partial charge in [0.1, 0.15) is 0 Å². The van der Waals surface area contributed by atoms with Crippen molar-refractivity contribution >= 4 is 0 Å². The molecule has 1 heterocycles. The molecule has 2 rings (SSSR count). The van der Waals surface area contributed by atoms with Crippen molar-refractivity contribution in [3.05, 3.63) is 35.4 Å². The van der Waals surface area contributed by atoms with Crippen molar-refractivity contribution < 1.29 is 13.9 Å². The van der Waals surface area contributed by atoms with Crippen molar-refractivity contribution in [1.82, 2.24) is 4.90 Å². The molecule has 1 saturated heterocycles. The third-order valence-corrected chi connectivity index (χ3v) is 3.72. The van der Waals surface area contributed by atoms with E-state index in [-0.39, 0.29) is 5.56 Å². The second-order valence-corrected chi connectivity index (χ2v) is 5.23. The van der Waals surface area contributed by atoms with Gasteiger partial charge in [-0.15, -0.1) is 0 Å². The lowest BCUT2D eigenvalue weighted by Crippen LogP contribution is -2.32. The van der Waals surface area contributed by atoms with E-state index in [0.717, 1.165) is 32.0 Å². The monoisotopic (exact) mass is 269 g/mol. The topological polar surface area (TPSA) is 23.5 Å². The lowest BCUT2D eigenvalue weighted by molar-refractivity contribution is 0.104. The molecule has 0 amide bonds. The summed E-state index contributed by atoms with van der Waals surface area (Å²) in [6.45, 7) is 2.22. The Morgan fingerprint density at radius 3 is 2.37 bits per heavy atom. The molecule has 1 aliphatic rings. The molecular weight excluding hydrogens is 248 g/mol. The van der Waals surface area contributed by atoms with E-state index in [1.807, 2.05) is 0 Å². The van der Waals surface area contributed by atoms with Gasteiger partial charge in [0.2, 0.25) is 0 Å². The zero-order chi connectivity index (χ0) is 13.7. The minimum atomic E-state index is -0.963. The Morgan fingerprint density at radius 1 is 1.05 bits per heavy atom. The molecule has 0 aromatic heterocycles. The smallest absolute Gasteiger partial charge is 0.164 e. The van der Waals surface area contributed by atoms with E-state index in [9.17, 15) is 13.9 Å². The fraction of sp³-hybridized carbons (Fsp3) is 0.600. The standard InChI is InChI=1S/C15H21F2NO/c16-13-8-6-7-12(15(13)17)14(19)11-18-9-4-2-1-3-5-10-18/h6-8,14,19H,1-5,9-11H2. The van der Waals surface area contributed by atoms with E-state index in [2.05, 4.69) is 4.90 Å². The van der Waals surface area contributed by atoms with Crippen molar-refractivity contribution in [3.63, 3.8) is 0 Å². The largest absolute Gasteiger partial charge is 0.387 e. The molecule has 1 aromatic rings. The second-order valence-electron chi connectivity index (χ2n) is 5.23. The fourth-order valence-electron chi connectivity index (χ4n) is 2.62. The zero-order valence-electron chi connectivity index (χ0n) is 11.1. The SMILES string of the molecule is OC(CN1CCCCCCC1)c1cccc(F)c1F. The summed E-state index contributed by atoms with van der Waals surface area (Å²) in [6, 6.07) is 3.96. The molecular formula is C15H21F2NO. The van der Waals surface area contributed by atoms with Gasteiger partial charge in [-0.2, -0.15) is 0 Å². The van der Waals surface area contributed by atoms with E-state index in [1.165, 1.54) is 31.4 Å². The van der Waals surface area contributed by atoms with Gasteiger partial charge in [0.25, 0.3) is 0 Å². The summed E-state index contributed by atoms with van der Waals surface area (Å²) in [5.74, 6) is -1.83. The van der Waals surface area contributed by atoms with Gasteiger partial charge >= 0.3 is 0 Å². The Labute approximate surface area is 113 Å².